The highest BCUT2D eigenvalue weighted by molar-refractivity contribution is 5.82. The van der Waals surface area contributed by atoms with Gasteiger partial charge in [-0.2, -0.15) is 0 Å². The summed E-state index contributed by atoms with van der Waals surface area (Å²) in [7, 11) is 1.83. The molecule has 1 aliphatic heterocycles. The van der Waals surface area contributed by atoms with Gasteiger partial charge in [-0.25, -0.2) is 9.97 Å². The van der Waals surface area contributed by atoms with Crippen LogP contribution in [0.1, 0.15) is 0 Å². The first kappa shape index (κ1) is 12.5. The summed E-state index contributed by atoms with van der Waals surface area (Å²) in [6.45, 7) is 0. The third kappa shape index (κ3) is 1.76. The molecule has 0 bridgehead atoms. The fourth-order valence-electron chi connectivity index (χ4n) is 2.45. The number of anilines is 2. The molecule has 4 rings (SSSR count). The Kier molecular flexibility index (Phi) is 2.50. The van der Waals surface area contributed by atoms with Gasteiger partial charge in [0.05, 0.1) is 27.7 Å². The Morgan fingerprint density at radius 2 is 1.86 bits per heavy atom. The Labute approximate surface area is 124 Å². The van der Waals surface area contributed by atoms with Crippen LogP contribution in [-0.4, -0.2) is 21.9 Å². The number of rotatable bonds is 1. The monoisotopic (exact) mass is 294 g/mol. The number of aromatic nitrogens is 2. The average Bonchev–Trinajstić information content (AvgIpc) is 2.53. The minimum atomic E-state index is -0.453. The van der Waals surface area contributed by atoms with Crippen LogP contribution in [0.25, 0.3) is 11.0 Å². The van der Waals surface area contributed by atoms with Gasteiger partial charge in [-0.1, -0.05) is 12.1 Å². The Balaban J connectivity index is 1.90. The number of para-hydroxylation sites is 2. The molecule has 0 fully saturated rings. The van der Waals surface area contributed by atoms with Crippen LogP contribution in [0.3, 0.4) is 0 Å². The average molecular weight is 294 g/mol. The molecular formula is C15H10N4O3. The molecule has 22 heavy (non-hydrogen) atoms. The van der Waals surface area contributed by atoms with Gasteiger partial charge in [0.2, 0.25) is 0 Å². The number of ether oxygens (including phenoxy) is 1. The number of non-ortho nitro benzene ring substituents is 1. The molecular weight excluding hydrogens is 284 g/mol. The van der Waals surface area contributed by atoms with Crippen molar-refractivity contribution in [3.05, 3.63) is 52.6 Å². The lowest BCUT2D eigenvalue weighted by Crippen LogP contribution is -2.18. The zero-order chi connectivity index (χ0) is 15.3. The van der Waals surface area contributed by atoms with E-state index >= 15 is 0 Å². The van der Waals surface area contributed by atoms with E-state index in [1.54, 1.807) is 6.07 Å². The number of nitrogens with zero attached hydrogens (tertiary/aromatic N) is 4. The molecule has 0 radical (unpaired) electrons. The second kappa shape index (κ2) is 4.39. The first-order valence-corrected chi connectivity index (χ1v) is 6.60. The van der Waals surface area contributed by atoms with Gasteiger partial charge in [-0.15, -0.1) is 0 Å². The molecule has 0 atom stereocenters. The molecule has 0 saturated heterocycles. The summed E-state index contributed by atoms with van der Waals surface area (Å²) in [5.41, 5.74) is 2.16. The molecule has 2 heterocycles. The van der Waals surface area contributed by atoms with E-state index in [0.717, 1.165) is 5.52 Å². The van der Waals surface area contributed by atoms with Crippen LogP contribution >= 0.6 is 0 Å². The maximum Gasteiger partial charge on any atom is 0.273 e. The van der Waals surface area contributed by atoms with Crippen LogP contribution in [0.4, 0.5) is 17.2 Å². The van der Waals surface area contributed by atoms with Crippen molar-refractivity contribution in [3.63, 3.8) is 0 Å². The first-order chi connectivity index (χ1) is 10.6. The normalized spacial score (nSPS) is 12.5. The zero-order valence-electron chi connectivity index (χ0n) is 11.6. The highest BCUT2D eigenvalue weighted by Gasteiger charge is 2.26. The van der Waals surface area contributed by atoms with Crippen LogP contribution in [-0.2, 0) is 0 Å². The van der Waals surface area contributed by atoms with E-state index < -0.39 is 4.92 Å². The Bertz CT molecular complexity index is 926. The highest BCUT2D eigenvalue weighted by Crippen LogP contribution is 2.45. The van der Waals surface area contributed by atoms with Gasteiger partial charge in [0.15, 0.2) is 11.6 Å². The number of nitro benzene ring substituents is 1. The molecule has 108 valence electrons. The van der Waals surface area contributed by atoms with E-state index in [0.29, 0.717) is 28.7 Å². The standard InChI is InChI=1S/C15H10N4O3/c1-18-12-7-6-9(19(20)21)8-13(12)22-15-14(18)16-10-4-2-3-5-11(10)17-15/h2-8H,1H3. The summed E-state index contributed by atoms with van der Waals surface area (Å²) in [6, 6.07) is 12.0. The minimum Gasteiger partial charge on any atom is -0.433 e. The van der Waals surface area contributed by atoms with Gasteiger partial charge >= 0.3 is 0 Å². The molecule has 0 amide bonds. The fourth-order valence-corrected chi connectivity index (χ4v) is 2.45. The molecule has 0 saturated carbocycles. The second-order valence-electron chi connectivity index (χ2n) is 4.91. The van der Waals surface area contributed by atoms with Crippen molar-refractivity contribution in [2.24, 2.45) is 0 Å². The number of benzene rings is 2. The summed E-state index contributed by atoms with van der Waals surface area (Å²) in [6.07, 6.45) is 0. The van der Waals surface area contributed by atoms with E-state index in [9.17, 15) is 10.1 Å². The van der Waals surface area contributed by atoms with Crippen molar-refractivity contribution in [1.29, 1.82) is 0 Å². The predicted octanol–water partition coefficient (Wildman–Crippen LogP) is 3.41. The Morgan fingerprint density at radius 3 is 2.59 bits per heavy atom. The molecule has 3 aromatic rings. The van der Waals surface area contributed by atoms with E-state index in [-0.39, 0.29) is 5.69 Å². The molecule has 1 aliphatic rings. The molecule has 0 N–H and O–H groups in total. The van der Waals surface area contributed by atoms with Gasteiger partial charge < -0.3 is 9.64 Å². The summed E-state index contributed by atoms with van der Waals surface area (Å²) >= 11 is 0. The van der Waals surface area contributed by atoms with Crippen LogP contribution < -0.4 is 9.64 Å². The lowest BCUT2D eigenvalue weighted by molar-refractivity contribution is -0.384. The Hall–Kier alpha value is -3.22. The summed E-state index contributed by atoms with van der Waals surface area (Å²) in [5.74, 6) is 1.32. The lowest BCUT2D eigenvalue weighted by atomic mass is 10.2. The van der Waals surface area contributed by atoms with E-state index in [2.05, 4.69) is 9.97 Å². The largest absolute Gasteiger partial charge is 0.433 e. The summed E-state index contributed by atoms with van der Waals surface area (Å²) in [5, 5.41) is 10.9. The molecule has 0 aliphatic carbocycles. The minimum absolute atomic E-state index is 0.0238. The molecule has 0 unspecified atom stereocenters. The van der Waals surface area contributed by atoms with Gasteiger partial charge in [0.1, 0.15) is 0 Å². The quantitative estimate of drug-likeness (QED) is 0.505. The Morgan fingerprint density at radius 1 is 1.14 bits per heavy atom. The highest BCUT2D eigenvalue weighted by atomic mass is 16.6. The maximum atomic E-state index is 10.9. The number of fused-ring (bicyclic) bond motifs is 3. The van der Waals surface area contributed by atoms with Crippen LogP contribution in [0, 0.1) is 10.1 Å². The third-order valence-corrected chi connectivity index (χ3v) is 3.56. The smallest absolute Gasteiger partial charge is 0.273 e. The maximum absolute atomic E-state index is 10.9. The lowest BCUT2D eigenvalue weighted by Gasteiger charge is -2.27. The molecule has 7 nitrogen and oxygen atoms in total. The van der Waals surface area contributed by atoms with E-state index in [1.165, 1.54) is 12.1 Å². The van der Waals surface area contributed by atoms with Crippen LogP contribution in [0.5, 0.6) is 11.6 Å². The van der Waals surface area contributed by atoms with Gasteiger partial charge in [-0.3, -0.25) is 10.1 Å². The SMILES string of the molecule is CN1c2ccc([N+](=O)[O-])cc2Oc2nc3ccccc3nc21. The fraction of sp³-hybridized carbons (Fsp3) is 0.0667. The van der Waals surface area contributed by atoms with Crippen LogP contribution in [0.15, 0.2) is 42.5 Å². The first-order valence-electron chi connectivity index (χ1n) is 6.60. The number of hydrogen-bond acceptors (Lipinski definition) is 6. The number of hydrogen-bond donors (Lipinski definition) is 0. The van der Waals surface area contributed by atoms with Gasteiger partial charge in [-0.05, 0) is 18.2 Å². The van der Waals surface area contributed by atoms with Gasteiger partial charge in [0.25, 0.3) is 11.6 Å². The van der Waals surface area contributed by atoms with E-state index in [1.807, 2.05) is 36.2 Å². The van der Waals surface area contributed by atoms with Crippen molar-refractivity contribution < 1.29 is 9.66 Å². The molecule has 1 aromatic heterocycles. The van der Waals surface area contributed by atoms with Crippen molar-refractivity contribution in [2.45, 2.75) is 0 Å². The predicted molar refractivity (Wildman–Crippen MR) is 80.8 cm³/mol. The molecule has 7 heteroatoms. The summed E-state index contributed by atoms with van der Waals surface area (Å²) in [4.78, 5) is 21.3. The molecule has 0 spiro atoms. The van der Waals surface area contributed by atoms with Crippen molar-refractivity contribution in [2.75, 3.05) is 11.9 Å². The second-order valence-corrected chi connectivity index (χ2v) is 4.91. The number of nitro groups is 1. The van der Waals surface area contributed by atoms with Crippen LogP contribution in [0.2, 0.25) is 0 Å². The van der Waals surface area contributed by atoms with E-state index in [4.69, 9.17) is 4.74 Å². The zero-order valence-corrected chi connectivity index (χ0v) is 11.6. The van der Waals surface area contributed by atoms with Crippen molar-refractivity contribution in [1.82, 2.24) is 9.97 Å². The summed E-state index contributed by atoms with van der Waals surface area (Å²) < 4.78 is 5.73. The third-order valence-electron chi connectivity index (χ3n) is 3.56. The van der Waals surface area contributed by atoms with Crippen molar-refractivity contribution in [3.8, 4) is 11.6 Å². The van der Waals surface area contributed by atoms with Gasteiger partial charge in [0, 0.05) is 13.1 Å². The molecule has 2 aromatic carbocycles. The topological polar surface area (TPSA) is 81.4 Å². The van der Waals surface area contributed by atoms with Crippen molar-refractivity contribution >= 4 is 28.2 Å².